The van der Waals surface area contributed by atoms with Crippen molar-refractivity contribution < 1.29 is 4.79 Å². The lowest BCUT2D eigenvalue weighted by Crippen LogP contribution is -2.21. The molecule has 2 saturated carbocycles. The van der Waals surface area contributed by atoms with Crippen LogP contribution in [0.2, 0.25) is 0 Å². The Kier molecular flexibility index (Phi) is 2.44. The van der Waals surface area contributed by atoms with Crippen molar-refractivity contribution in [2.24, 2.45) is 23.7 Å². The monoisotopic (exact) mass is 180 g/mol. The molecule has 3 atom stereocenters. The molecule has 0 radical (unpaired) electrons. The number of rotatable bonds is 3. The molecule has 0 aromatic heterocycles. The van der Waals surface area contributed by atoms with Gasteiger partial charge in [0.25, 0.3) is 0 Å². The fourth-order valence-electron chi connectivity index (χ4n) is 3.19. The molecule has 2 aliphatic carbocycles. The highest BCUT2D eigenvalue weighted by molar-refractivity contribution is 5.81. The van der Waals surface area contributed by atoms with Crippen molar-refractivity contribution in [3.05, 3.63) is 0 Å². The Morgan fingerprint density at radius 2 is 2.08 bits per heavy atom. The number of carbonyl (C=O) groups is 1. The van der Waals surface area contributed by atoms with Gasteiger partial charge < -0.3 is 0 Å². The minimum atomic E-state index is 0.459. The second-order valence-corrected chi connectivity index (χ2v) is 5.35. The molecular formula is C12H20O. The molecular weight excluding hydrogens is 160 g/mol. The van der Waals surface area contributed by atoms with Crippen LogP contribution in [0.3, 0.4) is 0 Å². The van der Waals surface area contributed by atoms with Crippen LogP contribution < -0.4 is 0 Å². The maximum absolute atomic E-state index is 11.8. The molecule has 0 heterocycles. The summed E-state index contributed by atoms with van der Waals surface area (Å²) in [4.78, 5) is 11.8. The third kappa shape index (κ3) is 1.79. The zero-order valence-corrected chi connectivity index (χ0v) is 8.75. The number of hydrogen-bond acceptors (Lipinski definition) is 1. The molecule has 0 N–H and O–H groups in total. The first kappa shape index (κ1) is 9.23. The van der Waals surface area contributed by atoms with Gasteiger partial charge in [-0.3, -0.25) is 4.79 Å². The molecule has 2 fully saturated rings. The zero-order chi connectivity index (χ0) is 9.42. The summed E-state index contributed by atoms with van der Waals surface area (Å²) in [6.45, 7) is 4.29. The highest BCUT2D eigenvalue weighted by Gasteiger charge is 2.42. The summed E-state index contributed by atoms with van der Waals surface area (Å²) in [6.07, 6.45) is 6.12. The molecule has 74 valence electrons. The van der Waals surface area contributed by atoms with Gasteiger partial charge in [-0.05, 0) is 37.0 Å². The van der Waals surface area contributed by atoms with Crippen LogP contribution in [-0.4, -0.2) is 5.78 Å². The van der Waals surface area contributed by atoms with Gasteiger partial charge in [0.1, 0.15) is 5.78 Å². The van der Waals surface area contributed by atoms with Crippen molar-refractivity contribution in [3.63, 3.8) is 0 Å². The zero-order valence-electron chi connectivity index (χ0n) is 8.75. The standard InChI is InChI=1S/C12H20O/c1-8(2)5-12(13)11-7-9-3-4-10(11)6-9/h8-11H,3-7H2,1-2H3. The average Bonchev–Trinajstić information content (AvgIpc) is 2.62. The van der Waals surface area contributed by atoms with Crippen LogP contribution in [-0.2, 0) is 4.79 Å². The summed E-state index contributed by atoms with van der Waals surface area (Å²) < 4.78 is 0. The van der Waals surface area contributed by atoms with Crippen LogP contribution in [0, 0.1) is 23.7 Å². The highest BCUT2D eigenvalue weighted by atomic mass is 16.1. The fraction of sp³-hybridized carbons (Fsp3) is 0.917. The summed E-state index contributed by atoms with van der Waals surface area (Å²) in [5.41, 5.74) is 0. The highest BCUT2D eigenvalue weighted by Crippen LogP contribution is 2.49. The van der Waals surface area contributed by atoms with Crippen LogP contribution in [0.4, 0.5) is 0 Å². The summed E-state index contributed by atoms with van der Waals surface area (Å²) in [6, 6.07) is 0. The number of hydrogen-bond donors (Lipinski definition) is 0. The van der Waals surface area contributed by atoms with Gasteiger partial charge in [-0.1, -0.05) is 20.3 Å². The Bertz CT molecular complexity index is 207. The Hall–Kier alpha value is -0.330. The van der Waals surface area contributed by atoms with Crippen molar-refractivity contribution >= 4 is 5.78 Å². The van der Waals surface area contributed by atoms with E-state index in [1.54, 1.807) is 0 Å². The lowest BCUT2D eigenvalue weighted by atomic mass is 9.83. The summed E-state index contributed by atoms with van der Waals surface area (Å²) in [5, 5.41) is 0. The van der Waals surface area contributed by atoms with E-state index in [2.05, 4.69) is 13.8 Å². The normalized spacial score (nSPS) is 37.3. The van der Waals surface area contributed by atoms with Gasteiger partial charge in [0, 0.05) is 12.3 Å². The molecule has 13 heavy (non-hydrogen) atoms. The first-order chi connectivity index (χ1) is 6.16. The average molecular weight is 180 g/mol. The Balaban J connectivity index is 1.91. The van der Waals surface area contributed by atoms with E-state index in [0.29, 0.717) is 17.6 Å². The number of Topliss-reactive ketones (excluding diaryl/α,β-unsaturated/α-hetero) is 1. The van der Waals surface area contributed by atoms with E-state index >= 15 is 0 Å². The molecule has 2 aliphatic rings. The largest absolute Gasteiger partial charge is 0.299 e. The smallest absolute Gasteiger partial charge is 0.136 e. The summed E-state index contributed by atoms with van der Waals surface area (Å²) in [7, 11) is 0. The van der Waals surface area contributed by atoms with E-state index in [-0.39, 0.29) is 0 Å². The molecule has 2 rings (SSSR count). The van der Waals surface area contributed by atoms with E-state index < -0.39 is 0 Å². The van der Waals surface area contributed by atoms with Crippen molar-refractivity contribution in [2.45, 2.75) is 46.0 Å². The Morgan fingerprint density at radius 3 is 2.54 bits per heavy atom. The maximum Gasteiger partial charge on any atom is 0.136 e. The number of ketones is 1. The van der Waals surface area contributed by atoms with Gasteiger partial charge in [0.2, 0.25) is 0 Å². The van der Waals surface area contributed by atoms with Gasteiger partial charge in [-0.15, -0.1) is 0 Å². The minimum Gasteiger partial charge on any atom is -0.299 e. The first-order valence-corrected chi connectivity index (χ1v) is 5.69. The number of fused-ring (bicyclic) bond motifs is 2. The quantitative estimate of drug-likeness (QED) is 0.652. The molecule has 0 aromatic carbocycles. The minimum absolute atomic E-state index is 0.459. The molecule has 0 aromatic rings. The topological polar surface area (TPSA) is 17.1 Å². The van der Waals surface area contributed by atoms with Crippen molar-refractivity contribution in [1.29, 1.82) is 0 Å². The molecule has 2 bridgehead atoms. The summed E-state index contributed by atoms with van der Waals surface area (Å²) in [5.74, 6) is 3.25. The van der Waals surface area contributed by atoms with Crippen molar-refractivity contribution in [3.8, 4) is 0 Å². The lowest BCUT2D eigenvalue weighted by molar-refractivity contribution is -0.125. The van der Waals surface area contributed by atoms with Crippen LogP contribution >= 0.6 is 0 Å². The third-order valence-corrected chi connectivity index (χ3v) is 3.76. The van der Waals surface area contributed by atoms with Gasteiger partial charge in [0.05, 0.1) is 0 Å². The van der Waals surface area contributed by atoms with Crippen LogP contribution in [0.1, 0.15) is 46.0 Å². The molecule has 3 unspecified atom stereocenters. The third-order valence-electron chi connectivity index (χ3n) is 3.76. The maximum atomic E-state index is 11.8. The second-order valence-electron chi connectivity index (χ2n) is 5.35. The van der Waals surface area contributed by atoms with E-state index in [1.165, 1.54) is 25.7 Å². The van der Waals surface area contributed by atoms with Crippen molar-refractivity contribution in [1.82, 2.24) is 0 Å². The Labute approximate surface area is 80.9 Å². The predicted molar refractivity (Wildman–Crippen MR) is 53.4 cm³/mol. The molecule has 0 amide bonds. The SMILES string of the molecule is CC(C)CC(=O)C1CC2CCC1C2. The van der Waals surface area contributed by atoms with E-state index in [9.17, 15) is 4.79 Å². The molecule has 1 nitrogen and oxygen atoms in total. The van der Waals surface area contributed by atoms with E-state index in [0.717, 1.165) is 18.3 Å². The molecule has 1 heteroatoms. The lowest BCUT2D eigenvalue weighted by Gasteiger charge is -2.20. The van der Waals surface area contributed by atoms with E-state index in [4.69, 9.17) is 0 Å². The Morgan fingerprint density at radius 1 is 1.31 bits per heavy atom. The predicted octanol–water partition coefficient (Wildman–Crippen LogP) is 3.04. The molecule has 0 spiro atoms. The van der Waals surface area contributed by atoms with Crippen molar-refractivity contribution in [2.75, 3.05) is 0 Å². The molecule has 0 aliphatic heterocycles. The summed E-state index contributed by atoms with van der Waals surface area (Å²) >= 11 is 0. The van der Waals surface area contributed by atoms with Gasteiger partial charge >= 0.3 is 0 Å². The number of carbonyl (C=O) groups excluding carboxylic acids is 1. The van der Waals surface area contributed by atoms with Gasteiger partial charge in [-0.25, -0.2) is 0 Å². The molecule has 0 saturated heterocycles. The van der Waals surface area contributed by atoms with Crippen LogP contribution in [0.25, 0.3) is 0 Å². The van der Waals surface area contributed by atoms with E-state index in [1.807, 2.05) is 0 Å². The second kappa shape index (κ2) is 3.43. The van der Waals surface area contributed by atoms with Crippen LogP contribution in [0.5, 0.6) is 0 Å². The first-order valence-electron chi connectivity index (χ1n) is 5.69. The fourth-order valence-corrected chi connectivity index (χ4v) is 3.19. The van der Waals surface area contributed by atoms with Gasteiger partial charge in [-0.2, -0.15) is 0 Å². The van der Waals surface area contributed by atoms with Gasteiger partial charge in [0.15, 0.2) is 0 Å². The van der Waals surface area contributed by atoms with Crippen LogP contribution in [0.15, 0.2) is 0 Å².